The van der Waals surface area contributed by atoms with Crippen LogP contribution >= 0.6 is 0 Å². The SMILES string of the molecule is CCCC1(C(=O)NCC(C)(C)C(N)=O)CCCN1. The Labute approximate surface area is 109 Å². The summed E-state index contributed by atoms with van der Waals surface area (Å²) in [5, 5.41) is 6.18. The fourth-order valence-electron chi connectivity index (χ4n) is 2.31. The third-order valence-corrected chi connectivity index (χ3v) is 3.71. The monoisotopic (exact) mass is 255 g/mol. The summed E-state index contributed by atoms with van der Waals surface area (Å²) >= 11 is 0. The first-order chi connectivity index (χ1) is 8.34. The maximum Gasteiger partial charge on any atom is 0.240 e. The van der Waals surface area contributed by atoms with Gasteiger partial charge in [0.05, 0.1) is 11.0 Å². The molecule has 1 unspecified atom stereocenters. The molecule has 1 heterocycles. The van der Waals surface area contributed by atoms with Crippen LogP contribution in [0.2, 0.25) is 0 Å². The van der Waals surface area contributed by atoms with E-state index in [-0.39, 0.29) is 12.5 Å². The fourth-order valence-corrected chi connectivity index (χ4v) is 2.31. The predicted molar refractivity (Wildman–Crippen MR) is 70.9 cm³/mol. The van der Waals surface area contributed by atoms with Crippen molar-refractivity contribution in [3.8, 4) is 0 Å². The van der Waals surface area contributed by atoms with Gasteiger partial charge in [-0.25, -0.2) is 0 Å². The zero-order valence-corrected chi connectivity index (χ0v) is 11.6. The van der Waals surface area contributed by atoms with Crippen LogP contribution in [-0.2, 0) is 9.59 Å². The van der Waals surface area contributed by atoms with Gasteiger partial charge >= 0.3 is 0 Å². The molecule has 1 atom stereocenters. The summed E-state index contributed by atoms with van der Waals surface area (Å²) in [7, 11) is 0. The zero-order valence-electron chi connectivity index (χ0n) is 11.6. The van der Waals surface area contributed by atoms with Gasteiger partial charge in [-0.15, -0.1) is 0 Å². The molecule has 0 aromatic carbocycles. The van der Waals surface area contributed by atoms with Crippen molar-refractivity contribution in [2.75, 3.05) is 13.1 Å². The fraction of sp³-hybridized carbons (Fsp3) is 0.846. The molecular formula is C13H25N3O2. The Morgan fingerprint density at radius 2 is 2.11 bits per heavy atom. The number of carbonyl (C=O) groups excluding carboxylic acids is 2. The molecule has 0 bridgehead atoms. The smallest absolute Gasteiger partial charge is 0.240 e. The van der Waals surface area contributed by atoms with E-state index in [0.717, 1.165) is 32.2 Å². The standard InChI is InChI=1S/C13H25N3O2/c1-4-6-13(7-5-8-16-13)11(18)15-9-12(2,3)10(14)17/h16H,4-9H2,1-3H3,(H2,14,17)(H,15,18). The molecule has 0 aromatic heterocycles. The van der Waals surface area contributed by atoms with Gasteiger partial charge in [-0.2, -0.15) is 0 Å². The summed E-state index contributed by atoms with van der Waals surface area (Å²) < 4.78 is 0. The Kier molecular flexibility index (Phi) is 4.73. The molecule has 104 valence electrons. The molecule has 5 heteroatoms. The lowest BCUT2D eigenvalue weighted by molar-refractivity contribution is -0.129. The Morgan fingerprint density at radius 1 is 1.44 bits per heavy atom. The second-order valence-electron chi connectivity index (χ2n) is 5.79. The summed E-state index contributed by atoms with van der Waals surface area (Å²) in [6.07, 6.45) is 3.67. The first kappa shape index (κ1) is 15.0. The topological polar surface area (TPSA) is 84.2 Å². The Bertz CT molecular complexity index is 320. The van der Waals surface area contributed by atoms with Crippen molar-refractivity contribution in [3.05, 3.63) is 0 Å². The lowest BCUT2D eigenvalue weighted by atomic mass is 9.89. The van der Waals surface area contributed by atoms with Crippen LogP contribution in [0, 0.1) is 5.41 Å². The predicted octanol–water partition coefficient (Wildman–Crippen LogP) is 0.536. The molecule has 1 saturated heterocycles. The zero-order chi connectivity index (χ0) is 13.8. The van der Waals surface area contributed by atoms with Crippen molar-refractivity contribution in [3.63, 3.8) is 0 Å². The van der Waals surface area contributed by atoms with Crippen LogP contribution in [0.5, 0.6) is 0 Å². The van der Waals surface area contributed by atoms with Crippen LogP contribution in [0.25, 0.3) is 0 Å². The van der Waals surface area contributed by atoms with E-state index in [2.05, 4.69) is 17.6 Å². The minimum Gasteiger partial charge on any atom is -0.369 e. The first-order valence-electron chi connectivity index (χ1n) is 6.67. The summed E-state index contributed by atoms with van der Waals surface area (Å²) in [4.78, 5) is 23.5. The number of primary amides is 1. The lowest BCUT2D eigenvalue weighted by Gasteiger charge is -2.30. The van der Waals surface area contributed by atoms with E-state index < -0.39 is 16.9 Å². The van der Waals surface area contributed by atoms with Gasteiger partial charge in [-0.3, -0.25) is 9.59 Å². The quantitative estimate of drug-likeness (QED) is 0.647. The van der Waals surface area contributed by atoms with Crippen LogP contribution in [0.4, 0.5) is 0 Å². The Balaban J connectivity index is 2.61. The number of amides is 2. The molecule has 0 aromatic rings. The highest BCUT2D eigenvalue weighted by Gasteiger charge is 2.40. The van der Waals surface area contributed by atoms with Gasteiger partial charge in [-0.1, -0.05) is 13.3 Å². The molecule has 0 spiro atoms. The second-order valence-corrected chi connectivity index (χ2v) is 5.79. The highest BCUT2D eigenvalue weighted by molar-refractivity contribution is 5.87. The molecule has 1 aliphatic heterocycles. The van der Waals surface area contributed by atoms with E-state index in [1.54, 1.807) is 13.8 Å². The molecule has 18 heavy (non-hydrogen) atoms. The molecule has 0 radical (unpaired) electrons. The highest BCUT2D eigenvalue weighted by Crippen LogP contribution is 2.25. The summed E-state index contributed by atoms with van der Waals surface area (Å²) in [6.45, 7) is 6.72. The van der Waals surface area contributed by atoms with Crippen molar-refractivity contribution < 1.29 is 9.59 Å². The van der Waals surface area contributed by atoms with Gasteiger partial charge in [0, 0.05) is 6.54 Å². The van der Waals surface area contributed by atoms with Gasteiger partial charge in [-0.05, 0) is 39.7 Å². The number of rotatable bonds is 6. The summed E-state index contributed by atoms with van der Waals surface area (Å²) in [6, 6.07) is 0. The largest absolute Gasteiger partial charge is 0.369 e. The second kappa shape index (κ2) is 5.69. The van der Waals surface area contributed by atoms with Crippen LogP contribution in [0.3, 0.4) is 0 Å². The molecule has 5 nitrogen and oxygen atoms in total. The average Bonchev–Trinajstić information content (AvgIpc) is 2.76. The van der Waals surface area contributed by atoms with Gasteiger partial charge in [0.1, 0.15) is 0 Å². The molecule has 1 rings (SSSR count). The number of carbonyl (C=O) groups is 2. The summed E-state index contributed by atoms with van der Waals surface area (Å²) in [5.41, 5.74) is 4.15. The number of nitrogens with one attached hydrogen (secondary N) is 2. The van der Waals surface area contributed by atoms with E-state index in [1.807, 2.05) is 0 Å². The van der Waals surface area contributed by atoms with Gasteiger partial charge in [0.2, 0.25) is 11.8 Å². The van der Waals surface area contributed by atoms with Crippen molar-refractivity contribution in [1.82, 2.24) is 10.6 Å². The van der Waals surface area contributed by atoms with Crippen molar-refractivity contribution in [1.29, 1.82) is 0 Å². The molecule has 2 amide bonds. The molecule has 1 fully saturated rings. The van der Waals surface area contributed by atoms with E-state index in [9.17, 15) is 9.59 Å². The minimum atomic E-state index is -0.707. The number of nitrogens with two attached hydrogens (primary N) is 1. The van der Waals surface area contributed by atoms with Crippen molar-refractivity contribution >= 4 is 11.8 Å². The molecular weight excluding hydrogens is 230 g/mol. The van der Waals surface area contributed by atoms with E-state index in [4.69, 9.17) is 5.73 Å². The van der Waals surface area contributed by atoms with Crippen LogP contribution < -0.4 is 16.4 Å². The van der Waals surface area contributed by atoms with E-state index in [0.29, 0.717) is 0 Å². The van der Waals surface area contributed by atoms with E-state index in [1.165, 1.54) is 0 Å². The molecule has 1 aliphatic rings. The van der Waals surface area contributed by atoms with Gasteiger partial charge in [0.25, 0.3) is 0 Å². The maximum atomic E-state index is 12.3. The Morgan fingerprint density at radius 3 is 2.56 bits per heavy atom. The van der Waals surface area contributed by atoms with Crippen LogP contribution in [0.15, 0.2) is 0 Å². The van der Waals surface area contributed by atoms with Crippen LogP contribution in [0.1, 0.15) is 46.5 Å². The first-order valence-corrected chi connectivity index (χ1v) is 6.67. The Hall–Kier alpha value is -1.10. The molecule has 0 aliphatic carbocycles. The van der Waals surface area contributed by atoms with Gasteiger partial charge < -0.3 is 16.4 Å². The number of hydrogen-bond donors (Lipinski definition) is 3. The van der Waals surface area contributed by atoms with Crippen LogP contribution in [-0.4, -0.2) is 30.4 Å². The third-order valence-electron chi connectivity index (χ3n) is 3.71. The molecule has 0 saturated carbocycles. The number of hydrogen-bond acceptors (Lipinski definition) is 3. The van der Waals surface area contributed by atoms with Crippen molar-refractivity contribution in [2.45, 2.75) is 52.0 Å². The van der Waals surface area contributed by atoms with E-state index >= 15 is 0 Å². The third kappa shape index (κ3) is 3.22. The maximum absolute atomic E-state index is 12.3. The van der Waals surface area contributed by atoms with Gasteiger partial charge in [0.15, 0.2) is 0 Å². The lowest BCUT2D eigenvalue weighted by Crippen LogP contribution is -2.55. The highest BCUT2D eigenvalue weighted by atomic mass is 16.2. The molecule has 4 N–H and O–H groups in total. The normalized spacial score (nSPS) is 23.9. The van der Waals surface area contributed by atoms with Crippen molar-refractivity contribution in [2.24, 2.45) is 11.1 Å². The summed E-state index contributed by atoms with van der Waals surface area (Å²) in [5.74, 6) is -0.400. The minimum absolute atomic E-state index is 0.00354. The average molecular weight is 255 g/mol.